The van der Waals surface area contributed by atoms with Gasteiger partial charge in [-0.05, 0) is 18.2 Å². The van der Waals surface area contributed by atoms with Crippen molar-refractivity contribution >= 4 is 17.6 Å². The van der Waals surface area contributed by atoms with Gasteiger partial charge in [0, 0.05) is 4.90 Å². The molecule has 0 fully saturated rings. The molecule has 2 rings (SSSR count). The molecular weight excluding hydrogens is 232 g/mol. The SMILES string of the molecule is Nc1cnc(Sc2ccc(F)c(F)c2)cn1. The first-order chi connectivity index (χ1) is 7.65. The van der Waals surface area contributed by atoms with Crippen molar-refractivity contribution in [2.24, 2.45) is 0 Å². The van der Waals surface area contributed by atoms with Crippen LogP contribution in [0.5, 0.6) is 0 Å². The summed E-state index contributed by atoms with van der Waals surface area (Å²) in [6.45, 7) is 0. The Bertz CT molecular complexity index is 502. The van der Waals surface area contributed by atoms with E-state index in [9.17, 15) is 8.78 Å². The Morgan fingerprint density at radius 3 is 2.50 bits per heavy atom. The molecule has 0 saturated carbocycles. The van der Waals surface area contributed by atoms with E-state index >= 15 is 0 Å². The summed E-state index contributed by atoms with van der Waals surface area (Å²) < 4.78 is 25.6. The summed E-state index contributed by atoms with van der Waals surface area (Å²) >= 11 is 1.18. The van der Waals surface area contributed by atoms with Crippen molar-refractivity contribution < 1.29 is 8.78 Å². The van der Waals surface area contributed by atoms with Gasteiger partial charge in [-0.3, -0.25) is 0 Å². The predicted molar refractivity (Wildman–Crippen MR) is 56.9 cm³/mol. The molecule has 3 nitrogen and oxygen atoms in total. The number of nitrogens with zero attached hydrogens (tertiary/aromatic N) is 2. The molecule has 1 heterocycles. The number of halogens is 2. The highest BCUT2D eigenvalue weighted by molar-refractivity contribution is 7.99. The van der Waals surface area contributed by atoms with Gasteiger partial charge in [0.15, 0.2) is 11.6 Å². The summed E-state index contributed by atoms with van der Waals surface area (Å²) in [5, 5.41) is 0.570. The number of aromatic nitrogens is 2. The molecule has 82 valence electrons. The van der Waals surface area contributed by atoms with Crippen LogP contribution in [-0.2, 0) is 0 Å². The monoisotopic (exact) mass is 239 g/mol. The van der Waals surface area contributed by atoms with Crippen LogP contribution in [0.2, 0.25) is 0 Å². The summed E-state index contributed by atoms with van der Waals surface area (Å²) in [7, 11) is 0. The largest absolute Gasteiger partial charge is 0.382 e. The summed E-state index contributed by atoms with van der Waals surface area (Å²) in [6.07, 6.45) is 2.88. The molecule has 1 aromatic carbocycles. The number of nitrogen functional groups attached to an aromatic ring is 1. The minimum Gasteiger partial charge on any atom is -0.382 e. The fraction of sp³-hybridized carbons (Fsp3) is 0. The van der Waals surface area contributed by atoms with Crippen molar-refractivity contribution in [3.63, 3.8) is 0 Å². The highest BCUT2D eigenvalue weighted by atomic mass is 32.2. The Morgan fingerprint density at radius 1 is 1.06 bits per heavy atom. The van der Waals surface area contributed by atoms with Crippen LogP contribution < -0.4 is 5.73 Å². The van der Waals surface area contributed by atoms with E-state index in [4.69, 9.17) is 5.73 Å². The Hall–Kier alpha value is -1.69. The third-order valence-electron chi connectivity index (χ3n) is 1.76. The number of benzene rings is 1. The van der Waals surface area contributed by atoms with Crippen molar-refractivity contribution in [3.05, 3.63) is 42.2 Å². The molecule has 0 bridgehead atoms. The molecule has 16 heavy (non-hydrogen) atoms. The highest BCUT2D eigenvalue weighted by Crippen LogP contribution is 2.26. The van der Waals surface area contributed by atoms with Crippen LogP contribution in [0, 0.1) is 11.6 Å². The topological polar surface area (TPSA) is 51.8 Å². The van der Waals surface area contributed by atoms with Gasteiger partial charge in [-0.1, -0.05) is 11.8 Å². The average molecular weight is 239 g/mol. The normalized spacial score (nSPS) is 10.4. The first-order valence-electron chi connectivity index (χ1n) is 4.35. The fourth-order valence-electron chi connectivity index (χ4n) is 1.04. The van der Waals surface area contributed by atoms with Gasteiger partial charge in [-0.15, -0.1) is 0 Å². The van der Waals surface area contributed by atoms with Crippen molar-refractivity contribution in [2.75, 3.05) is 5.73 Å². The molecule has 0 atom stereocenters. The van der Waals surface area contributed by atoms with Crippen molar-refractivity contribution in [1.29, 1.82) is 0 Å². The van der Waals surface area contributed by atoms with E-state index in [0.717, 1.165) is 12.1 Å². The minimum absolute atomic E-state index is 0.314. The lowest BCUT2D eigenvalue weighted by Crippen LogP contribution is -1.91. The molecule has 0 radical (unpaired) electrons. The second-order valence-electron chi connectivity index (χ2n) is 2.96. The Kier molecular flexibility index (Phi) is 3.00. The Balaban J connectivity index is 2.20. The number of anilines is 1. The third-order valence-corrected chi connectivity index (χ3v) is 2.67. The van der Waals surface area contributed by atoms with Crippen LogP contribution >= 0.6 is 11.8 Å². The van der Waals surface area contributed by atoms with Gasteiger partial charge in [-0.25, -0.2) is 18.7 Å². The Labute approximate surface area is 94.7 Å². The fourth-order valence-corrected chi connectivity index (χ4v) is 1.79. The zero-order valence-corrected chi connectivity index (χ0v) is 8.84. The standard InChI is InChI=1S/C10H7F2N3S/c11-7-2-1-6(3-8(7)12)16-10-5-14-9(13)4-15-10/h1-5H,(H2,13,14). The lowest BCUT2D eigenvalue weighted by atomic mass is 10.3. The molecule has 6 heteroatoms. The summed E-state index contributed by atoms with van der Waals surface area (Å²) in [4.78, 5) is 8.38. The quantitative estimate of drug-likeness (QED) is 0.874. The summed E-state index contributed by atoms with van der Waals surface area (Å²) in [6, 6.07) is 3.65. The predicted octanol–water partition coefficient (Wildman–Crippen LogP) is 2.49. The first kappa shape index (κ1) is 10.8. The van der Waals surface area contributed by atoms with E-state index in [1.54, 1.807) is 0 Å². The van der Waals surface area contributed by atoms with Gasteiger partial charge in [-0.2, -0.15) is 0 Å². The second kappa shape index (κ2) is 4.44. The molecule has 0 unspecified atom stereocenters. The maximum Gasteiger partial charge on any atom is 0.159 e. The molecule has 0 aliphatic carbocycles. The lowest BCUT2D eigenvalue weighted by molar-refractivity contribution is 0.506. The van der Waals surface area contributed by atoms with Gasteiger partial charge in [0.25, 0.3) is 0 Å². The number of nitrogens with two attached hydrogens (primary N) is 1. The smallest absolute Gasteiger partial charge is 0.159 e. The highest BCUT2D eigenvalue weighted by Gasteiger charge is 2.04. The lowest BCUT2D eigenvalue weighted by Gasteiger charge is -2.01. The van der Waals surface area contributed by atoms with Gasteiger partial charge in [0.05, 0.1) is 12.4 Å². The summed E-state index contributed by atoms with van der Waals surface area (Å²) in [5.41, 5.74) is 5.37. The molecular formula is C10H7F2N3S. The maximum absolute atomic E-state index is 12.9. The summed E-state index contributed by atoms with van der Waals surface area (Å²) in [5.74, 6) is -1.43. The molecule has 0 spiro atoms. The van der Waals surface area contributed by atoms with Gasteiger partial charge < -0.3 is 5.73 Å². The zero-order valence-electron chi connectivity index (χ0n) is 8.02. The van der Waals surface area contributed by atoms with E-state index in [2.05, 4.69) is 9.97 Å². The van der Waals surface area contributed by atoms with E-state index in [1.165, 1.54) is 30.2 Å². The number of hydrogen-bond donors (Lipinski definition) is 1. The average Bonchev–Trinajstić information content (AvgIpc) is 2.27. The molecule has 2 N–H and O–H groups in total. The Morgan fingerprint density at radius 2 is 1.88 bits per heavy atom. The molecule has 0 aliphatic rings. The molecule has 0 amide bonds. The number of rotatable bonds is 2. The minimum atomic E-state index is -0.881. The zero-order chi connectivity index (χ0) is 11.5. The van der Waals surface area contributed by atoms with E-state index < -0.39 is 11.6 Å². The third kappa shape index (κ3) is 2.46. The van der Waals surface area contributed by atoms with Gasteiger partial charge >= 0.3 is 0 Å². The van der Waals surface area contributed by atoms with Gasteiger partial charge in [0.2, 0.25) is 0 Å². The van der Waals surface area contributed by atoms with Crippen LogP contribution in [0.1, 0.15) is 0 Å². The first-order valence-corrected chi connectivity index (χ1v) is 5.17. The van der Waals surface area contributed by atoms with Crippen molar-refractivity contribution in [1.82, 2.24) is 9.97 Å². The van der Waals surface area contributed by atoms with Crippen molar-refractivity contribution in [3.8, 4) is 0 Å². The second-order valence-corrected chi connectivity index (χ2v) is 4.05. The van der Waals surface area contributed by atoms with E-state index in [1.807, 2.05) is 0 Å². The molecule has 0 saturated heterocycles. The van der Waals surface area contributed by atoms with E-state index in [-0.39, 0.29) is 0 Å². The molecule has 2 aromatic rings. The van der Waals surface area contributed by atoms with Crippen LogP contribution in [0.15, 0.2) is 40.5 Å². The van der Waals surface area contributed by atoms with Crippen LogP contribution in [-0.4, -0.2) is 9.97 Å². The molecule has 0 aliphatic heterocycles. The van der Waals surface area contributed by atoms with Crippen LogP contribution in [0.25, 0.3) is 0 Å². The molecule has 1 aromatic heterocycles. The van der Waals surface area contributed by atoms with Crippen LogP contribution in [0.4, 0.5) is 14.6 Å². The van der Waals surface area contributed by atoms with Gasteiger partial charge in [0.1, 0.15) is 10.8 Å². The maximum atomic E-state index is 12.9. The van der Waals surface area contributed by atoms with Crippen molar-refractivity contribution in [2.45, 2.75) is 9.92 Å². The number of hydrogen-bond acceptors (Lipinski definition) is 4. The van der Waals surface area contributed by atoms with Crippen LogP contribution in [0.3, 0.4) is 0 Å². The van der Waals surface area contributed by atoms with E-state index in [0.29, 0.717) is 15.7 Å².